The third kappa shape index (κ3) is 2.08. The highest BCUT2D eigenvalue weighted by molar-refractivity contribution is 5.54. The zero-order valence-electron chi connectivity index (χ0n) is 13.0. The molecule has 0 saturated heterocycles. The second-order valence-electron chi connectivity index (χ2n) is 5.98. The van der Waals surface area contributed by atoms with Crippen molar-refractivity contribution in [1.29, 1.82) is 5.26 Å². The standard InChI is InChI=1S/C17H20N4O/c1-10(2)14-13(9-18)16(19)22-17-15(14)11(3)20-21(17)12-7-5-4-6-8-12/h4-8,10,14,17,20H,19H2,1-3H3. The molecule has 0 amide bonds. The van der Waals surface area contributed by atoms with Crippen molar-refractivity contribution < 1.29 is 4.74 Å². The number of nitrogens with two attached hydrogens (primary N) is 1. The van der Waals surface area contributed by atoms with E-state index in [4.69, 9.17) is 10.5 Å². The van der Waals surface area contributed by atoms with E-state index in [0.29, 0.717) is 5.57 Å². The van der Waals surface area contributed by atoms with E-state index in [9.17, 15) is 5.26 Å². The zero-order valence-corrected chi connectivity index (χ0v) is 13.0. The van der Waals surface area contributed by atoms with Crippen molar-refractivity contribution >= 4 is 5.69 Å². The number of ether oxygens (including phenoxy) is 1. The van der Waals surface area contributed by atoms with Crippen LogP contribution in [-0.4, -0.2) is 6.23 Å². The summed E-state index contributed by atoms with van der Waals surface area (Å²) in [5.74, 6) is 0.472. The van der Waals surface area contributed by atoms with Gasteiger partial charge in [0.25, 0.3) is 0 Å². The number of nitrogens with one attached hydrogen (secondary N) is 1. The van der Waals surface area contributed by atoms with Crippen LogP contribution in [0.3, 0.4) is 0 Å². The summed E-state index contributed by atoms with van der Waals surface area (Å²) in [4.78, 5) is 0. The molecule has 0 aromatic heterocycles. The molecule has 2 aliphatic rings. The van der Waals surface area contributed by atoms with E-state index in [2.05, 4.69) is 25.3 Å². The van der Waals surface area contributed by atoms with Crippen LogP contribution in [0.4, 0.5) is 5.69 Å². The number of fused-ring (bicyclic) bond motifs is 1. The minimum Gasteiger partial charge on any atom is -0.449 e. The van der Waals surface area contributed by atoms with Gasteiger partial charge in [-0.05, 0) is 25.0 Å². The van der Waals surface area contributed by atoms with E-state index < -0.39 is 0 Å². The van der Waals surface area contributed by atoms with Crippen LogP contribution in [0.25, 0.3) is 0 Å². The van der Waals surface area contributed by atoms with Gasteiger partial charge in [-0.3, -0.25) is 5.43 Å². The molecule has 0 saturated carbocycles. The van der Waals surface area contributed by atoms with Crippen molar-refractivity contribution in [2.75, 3.05) is 5.01 Å². The fourth-order valence-electron chi connectivity index (χ4n) is 3.23. The number of para-hydroxylation sites is 1. The number of rotatable bonds is 2. The van der Waals surface area contributed by atoms with E-state index >= 15 is 0 Å². The summed E-state index contributed by atoms with van der Waals surface area (Å²) in [5.41, 5.74) is 13.0. The Labute approximate surface area is 130 Å². The van der Waals surface area contributed by atoms with Gasteiger partial charge in [-0.1, -0.05) is 32.0 Å². The van der Waals surface area contributed by atoms with Crippen LogP contribution in [-0.2, 0) is 4.74 Å². The quantitative estimate of drug-likeness (QED) is 0.877. The number of nitriles is 1. The molecule has 1 aromatic rings. The van der Waals surface area contributed by atoms with Gasteiger partial charge in [0.15, 0.2) is 0 Å². The lowest BCUT2D eigenvalue weighted by molar-refractivity contribution is 0.112. The van der Waals surface area contributed by atoms with E-state index in [1.807, 2.05) is 42.3 Å². The maximum atomic E-state index is 9.45. The normalized spacial score (nSPS) is 24.0. The van der Waals surface area contributed by atoms with Crippen molar-refractivity contribution in [3.8, 4) is 6.07 Å². The lowest BCUT2D eigenvalue weighted by Crippen LogP contribution is -2.45. The maximum absolute atomic E-state index is 9.45. The Morgan fingerprint density at radius 3 is 2.59 bits per heavy atom. The van der Waals surface area contributed by atoms with Crippen LogP contribution in [0, 0.1) is 23.2 Å². The first kappa shape index (κ1) is 14.3. The summed E-state index contributed by atoms with van der Waals surface area (Å²) >= 11 is 0. The summed E-state index contributed by atoms with van der Waals surface area (Å²) in [6.07, 6.45) is -0.313. The lowest BCUT2D eigenvalue weighted by atomic mass is 9.80. The topological polar surface area (TPSA) is 74.3 Å². The monoisotopic (exact) mass is 296 g/mol. The van der Waals surface area contributed by atoms with Gasteiger partial charge in [0, 0.05) is 17.2 Å². The highest BCUT2D eigenvalue weighted by atomic mass is 16.5. The molecule has 2 heterocycles. The van der Waals surface area contributed by atoms with Crippen molar-refractivity contribution in [3.63, 3.8) is 0 Å². The van der Waals surface area contributed by atoms with Crippen LogP contribution < -0.4 is 16.2 Å². The molecule has 0 radical (unpaired) electrons. The second-order valence-corrected chi connectivity index (χ2v) is 5.98. The number of benzene rings is 1. The number of anilines is 1. The fourth-order valence-corrected chi connectivity index (χ4v) is 3.23. The SMILES string of the molecule is CC1=C2C(C(C)C)C(C#N)=C(N)OC2N(c2ccccc2)N1. The summed E-state index contributed by atoms with van der Waals surface area (Å²) in [6.45, 7) is 6.22. The summed E-state index contributed by atoms with van der Waals surface area (Å²) in [7, 11) is 0. The third-order valence-corrected chi connectivity index (χ3v) is 4.19. The molecule has 0 bridgehead atoms. The minimum absolute atomic E-state index is 0.0232. The first-order valence-electron chi connectivity index (χ1n) is 7.42. The third-order valence-electron chi connectivity index (χ3n) is 4.19. The smallest absolute Gasteiger partial charge is 0.216 e. The Balaban J connectivity index is 2.06. The predicted molar refractivity (Wildman–Crippen MR) is 84.8 cm³/mol. The van der Waals surface area contributed by atoms with Gasteiger partial charge in [-0.15, -0.1) is 0 Å². The molecule has 2 unspecified atom stereocenters. The molecule has 0 fully saturated rings. The summed E-state index contributed by atoms with van der Waals surface area (Å²) < 4.78 is 5.87. The highest BCUT2D eigenvalue weighted by Gasteiger charge is 2.44. The number of hydrogen-bond acceptors (Lipinski definition) is 5. The molecule has 22 heavy (non-hydrogen) atoms. The van der Waals surface area contributed by atoms with E-state index in [1.54, 1.807) is 0 Å². The fraction of sp³-hybridized carbons (Fsp3) is 0.353. The van der Waals surface area contributed by atoms with Gasteiger partial charge in [0.05, 0.1) is 11.3 Å². The van der Waals surface area contributed by atoms with Gasteiger partial charge >= 0.3 is 0 Å². The minimum atomic E-state index is -0.313. The van der Waals surface area contributed by atoms with Gasteiger partial charge in [0.2, 0.25) is 12.1 Å². The molecular formula is C17H20N4O. The van der Waals surface area contributed by atoms with E-state index in [-0.39, 0.29) is 23.9 Å². The first-order chi connectivity index (χ1) is 10.5. The molecule has 2 atom stereocenters. The molecule has 0 aliphatic carbocycles. The van der Waals surface area contributed by atoms with Crippen molar-refractivity contribution in [2.24, 2.45) is 17.6 Å². The van der Waals surface area contributed by atoms with Crippen molar-refractivity contribution in [2.45, 2.75) is 27.0 Å². The molecule has 0 spiro atoms. The van der Waals surface area contributed by atoms with Gasteiger partial charge < -0.3 is 10.5 Å². The molecule has 5 nitrogen and oxygen atoms in total. The van der Waals surface area contributed by atoms with E-state index in [1.165, 1.54) is 0 Å². The van der Waals surface area contributed by atoms with Crippen molar-refractivity contribution in [3.05, 3.63) is 53.1 Å². The summed E-state index contributed by atoms with van der Waals surface area (Å²) in [5, 5.41) is 11.4. The Morgan fingerprint density at radius 2 is 2.00 bits per heavy atom. The van der Waals surface area contributed by atoms with Crippen LogP contribution in [0.2, 0.25) is 0 Å². The highest BCUT2D eigenvalue weighted by Crippen LogP contribution is 2.42. The first-order valence-corrected chi connectivity index (χ1v) is 7.42. The Bertz CT molecular complexity index is 684. The Kier molecular flexibility index (Phi) is 3.45. The largest absolute Gasteiger partial charge is 0.449 e. The Morgan fingerprint density at radius 1 is 1.32 bits per heavy atom. The zero-order chi connectivity index (χ0) is 15.9. The van der Waals surface area contributed by atoms with Crippen LogP contribution in [0.5, 0.6) is 0 Å². The van der Waals surface area contributed by atoms with Crippen molar-refractivity contribution in [1.82, 2.24) is 5.43 Å². The molecule has 5 heteroatoms. The molecule has 1 aromatic carbocycles. The molecule has 3 N–H and O–H groups in total. The average molecular weight is 296 g/mol. The van der Waals surface area contributed by atoms with Gasteiger partial charge in [-0.25, -0.2) is 5.01 Å². The van der Waals surface area contributed by atoms with Crippen LogP contribution in [0.15, 0.2) is 53.1 Å². The number of hydrazine groups is 1. The molecule has 114 valence electrons. The summed E-state index contributed by atoms with van der Waals surface area (Å²) in [6, 6.07) is 12.2. The van der Waals surface area contributed by atoms with Crippen LogP contribution >= 0.6 is 0 Å². The lowest BCUT2D eigenvalue weighted by Gasteiger charge is -2.36. The molecular weight excluding hydrogens is 276 g/mol. The molecule has 3 rings (SSSR count). The number of nitrogens with zero attached hydrogens (tertiary/aromatic N) is 2. The number of allylic oxidation sites excluding steroid dienone is 2. The second kappa shape index (κ2) is 5.30. The molecule has 2 aliphatic heterocycles. The van der Waals surface area contributed by atoms with E-state index in [0.717, 1.165) is 17.0 Å². The maximum Gasteiger partial charge on any atom is 0.216 e. The Hall–Kier alpha value is -2.61. The van der Waals surface area contributed by atoms with Crippen LogP contribution in [0.1, 0.15) is 20.8 Å². The average Bonchev–Trinajstić information content (AvgIpc) is 2.83. The predicted octanol–water partition coefficient (Wildman–Crippen LogP) is 2.61. The number of hydrogen-bond donors (Lipinski definition) is 2. The van der Waals surface area contributed by atoms with Gasteiger partial charge in [0.1, 0.15) is 6.07 Å². The van der Waals surface area contributed by atoms with Gasteiger partial charge in [-0.2, -0.15) is 5.26 Å².